The third-order valence-electron chi connectivity index (χ3n) is 1.52. The molecule has 0 aromatic heterocycles. The molecule has 1 saturated heterocycles. The van der Waals surface area contributed by atoms with Gasteiger partial charge in [-0.1, -0.05) is 0 Å². The molecule has 1 aliphatic rings. The van der Waals surface area contributed by atoms with E-state index in [1.807, 2.05) is 0 Å². The number of aliphatic carboxylic acids is 1. The van der Waals surface area contributed by atoms with Crippen LogP contribution in [0.15, 0.2) is 0 Å². The van der Waals surface area contributed by atoms with E-state index in [4.69, 9.17) is 9.94 Å². The second-order valence-electron chi connectivity index (χ2n) is 2.43. The number of carbonyl (C=O) groups is 1. The minimum Gasteiger partial charge on any atom is -0.479 e. The van der Waals surface area contributed by atoms with E-state index >= 15 is 0 Å². The largest absolute Gasteiger partial charge is 0.479 e. The lowest BCUT2D eigenvalue weighted by Gasteiger charge is -2.26. The molecule has 0 aliphatic carbocycles. The molecule has 10 heavy (non-hydrogen) atoms. The zero-order valence-electron chi connectivity index (χ0n) is 5.91. The van der Waals surface area contributed by atoms with E-state index in [0.717, 1.165) is 13.0 Å². The lowest BCUT2D eigenvalue weighted by atomic mass is 10.2. The highest BCUT2D eigenvalue weighted by Gasteiger charge is 2.23. The van der Waals surface area contributed by atoms with Crippen LogP contribution in [0, 0.1) is 0 Å². The highest BCUT2D eigenvalue weighted by atomic mass is 16.7. The predicted molar refractivity (Wildman–Crippen MR) is 34.4 cm³/mol. The minimum atomic E-state index is -0.869. The Kier molecular flexibility index (Phi) is 2.24. The maximum atomic E-state index is 10.3. The van der Waals surface area contributed by atoms with E-state index in [1.54, 1.807) is 12.1 Å². The average molecular weight is 145 g/mol. The average Bonchev–Trinajstić information content (AvgIpc) is 1.88. The summed E-state index contributed by atoms with van der Waals surface area (Å²) in [6.45, 7) is 0.823. The molecule has 1 N–H and O–H groups in total. The molecule has 0 saturated carbocycles. The van der Waals surface area contributed by atoms with E-state index in [0.29, 0.717) is 6.42 Å². The molecule has 0 radical (unpaired) electrons. The Balaban J connectivity index is 2.39. The van der Waals surface area contributed by atoms with Crippen molar-refractivity contribution >= 4 is 5.97 Å². The fraction of sp³-hybridized carbons (Fsp3) is 0.833. The molecule has 1 heterocycles. The number of carboxylic acid groups (broad SMARTS) is 1. The van der Waals surface area contributed by atoms with Crippen molar-refractivity contribution in [2.24, 2.45) is 0 Å². The number of hydrogen-bond donors (Lipinski definition) is 1. The van der Waals surface area contributed by atoms with Crippen molar-refractivity contribution in [3.8, 4) is 0 Å². The van der Waals surface area contributed by atoms with Crippen LogP contribution in [0.1, 0.15) is 12.8 Å². The summed E-state index contributed by atoms with van der Waals surface area (Å²) in [6, 6.07) is 0. The molecule has 4 nitrogen and oxygen atoms in total. The van der Waals surface area contributed by atoms with Crippen molar-refractivity contribution in [1.82, 2.24) is 5.06 Å². The Morgan fingerprint density at radius 1 is 1.80 bits per heavy atom. The van der Waals surface area contributed by atoms with Gasteiger partial charge in [0.2, 0.25) is 0 Å². The summed E-state index contributed by atoms with van der Waals surface area (Å²) in [6.07, 6.45) is 0.895. The number of hydroxylamine groups is 2. The van der Waals surface area contributed by atoms with Crippen LogP contribution in [0.2, 0.25) is 0 Å². The van der Waals surface area contributed by atoms with Crippen molar-refractivity contribution in [3.63, 3.8) is 0 Å². The van der Waals surface area contributed by atoms with Gasteiger partial charge in [-0.2, -0.15) is 5.06 Å². The molecule has 0 aromatic carbocycles. The highest BCUT2D eigenvalue weighted by molar-refractivity contribution is 5.72. The van der Waals surface area contributed by atoms with Gasteiger partial charge in [-0.15, -0.1) is 0 Å². The molecule has 0 spiro atoms. The van der Waals surface area contributed by atoms with Gasteiger partial charge in [0.25, 0.3) is 0 Å². The first kappa shape index (κ1) is 7.50. The molecule has 1 unspecified atom stereocenters. The number of nitrogens with zero attached hydrogens (tertiary/aromatic N) is 1. The summed E-state index contributed by atoms with van der Waals surface area (Å²) < 4.78 is 0. The molecule has 58 valence electrons. The SMILES string of the molecule is CN1CCCC(C(=O)O)O1. The molecule has 1 rings (SSSR count). The van der Waals surface area contributed by atoms with Crippen molar-refractivity contribution in [2.75, 3.05) is 13.6 Å². The Labute approximate surface area is 59.3 Å². The van der Waals surface area contributed by atoms with Crippen molar-refractivity contribution in [2.45, 2.75) is 18.9 Å². The molecule has 4 heteroatoms. The van der Waals surface area contributed by atoms with Gasteiger partial charge in [0, 0.05) is 13.6 Å². The zero-order chi connectivity index (χ0) is 7.56. The van der Waals surface area contributed by atoms with Crippen molar-refractivity contribution < 1.29 is 14.7 Å². The Morgan fingerprint density at radius 2 is 2.50 bits per heavy atom. The smallest absolute Gasteiger partial charge is 0.334 e. The number of rotatable bonds is 1. The first-order chi connectivity index (χ1) is 4.70. The first-order valence-corrected chi connectivity index (χ1v) is 3.31. The van der Waals surface area contributed by atoms with Crippen LogP contribution in [-0.4, -0.2) is 35.8 Å². The summed E-state index contributed by atoms with van der Waals surface area (Å²) >= 11 is 0. The van der Waals surface area contributed by atoms with Gasteiger partial charge >= 0.3 is 5.97 Å². The Bertz CT molecular complexity index is 137. The van der Waals surface area contributed by atoms with Gasteiger partial charge in [0.1, 0.15) is 0 Å². The molecular formula is C6H11NO3. The van der Waals surface area contributed by atoms with Crippen LogP contribution in [0.3, 0.4) is 0 Å². The van der Waals surface area contributed by atoms with Crippen molar-refractivity contribution in [1.29, 1.82) is 0 Å². The highest BCUT2D eigenvalue weighted by Crippen LogP contribution is 2.11. The number of carboxylic acids is 1. The maximum Gasteiger partial charge on any atom is 0.334 e. The van der Waals surface area contributed by atoms with E-state index in [9.17, 15) is 4.79 Å². The standard InChI is InChI=1S/C6H11NO3/c1-7-4-2-3-5(10-7)6(8)9/h5H,2-4H2,1H3,(H,8,9). The third-order valence-corrected chi connectivity index (χ3v) is 1.52. The van der Waals surface area contributed by atoms with Gasteiger partial charge < -0.3 is 5.11 Å². The molecule has 0 bridgehead atoms. The van der Waals surface area contributed by atoms with E-state index in [-0.39, 0.29) is 0 Å². The van der Waals surface area contributed by atoms with Crippen LogP contribution in [0.5, 0.6) is 0 Å². The molecule has 0 amide bonds. The summed E-state index contributed by atoms with van der Waals surface area (Å²) in [4.78, 5) is 15.3. The normalized spacial score (nSPS) is 28.3. The quantitative estimate of drug-likeness (QED) is 0.568. The monoisotopic (exact) mass is 145 g/mol. The molecule has 1 aliphatic heterocycles. The Hall–Kier alpha value is -0.610. The van der Waals surface area contributed by atoms with Crippen LogP contribution >= 0.6 is 0 Å². The van der Waals surface area contributed by atoms with Gasteiger partial charge in [-0.05, 0) is 12.8 Å². The molecule has 0 aromatic rings. The molecule has 1 fully saturated rings. The molecular weight excluding hydrogens is 134 g/mol. The first-order valence-electron chi connectivity index (χ1n) is 3.31. The minimum absolute atomic E-state index is 0.625. The Morgan fingerprint density at radius 3 is 2.90 bits per heavy atom. The summed E-state index contributed by atoms with van der Waals surface area (Å²) in [7, 11) is 1.75. The lowest BCUT2D eigenvalue weighted by Crippen LogP contribution is -2.37. The van der Waals surface area contributed by atoms with Crippen LogP contribution in [0.25, 0.3) is 0 Å². The summed E-state index contributed by atoms with van der Waals surface area (Å²) in [5.41, 5.74) is 0. The van der Waals surface area contributed by atoms with Crippen LogP contribution in [0.4, 0.5) is 0 Å². The zero-order valence-corrected chi connectivity index (χ0v) is 5.91. The maximum absolute atomic E-state index is 10.3. The second-order valence-corrected chi connectivity index (χ2v) is 2.43. The van der Waals surface area contributed by atoms with E-state index < -0.39 is 12.1 Å². The fourth-order valence-corrected chi connectivity index (χ4v) is 0.991. The fourth-order valence-electron chi connectivity index (χ4n) is 0.991. The van der Waals surface area contributed by atoms with Gasteiger partial charge in [-0.3, -0.25) is 4.84 Å². The van der Waals surface area contributed by atoms with Gasteiger partial charge in [0.05, 0.1) is 0 Å². The molecule has 1 atom stereocenters. The topological polar surface area (TPSA) is 49.8 Å². The van der Waals surface area contributed by atoms with Gasteiger partial charge in [0.15, 0.2) is 6.10 Å². The third kappa shape index (κ3) is 1.68. The second kappa shape index (κ2) is 2.98. The lowest BCUT2D eigenvalue weighted by molar-refractivity contribution is -0.216. The van der Waals surface area contributed by atoms with Crippen molar-refractivity contribution in [3.05, 3.63) is 0 Å². The summed E-state index contributed by atoms with van der Waals surface area (Å²) in [5.74, 6) is -0.869. The number of hydrogen-bond acceptors (Lipinski definition) is 3. The van der Waals surface area contributed by atoms with E-state index in [1.165, 1.54) is 0 Å². The van der Waals surface area contributed by atoms with Crippen LogP contribution < -0.4 is 0 Å². The van der Waals surface area contributed by atoms with Crippen LogP contribution in [-0.2, 0) is 9.63 Å². The van der Waals surface area contributed by atoms with Gasteiger partial charge in [-0.25, -0.2) is 4.79 Å². The summed E-state index contributed by atoms with van der Waals surface area (Å²) in [5, 5.41) is 10.1. The van der Waals surface area contributed by atoms with E-state index in [2.05, 4.69) is 0 Å². The predicted octanol–water partition coefficient (Wildman–Crippen LogP) is 0.0968.